The fourth-order valence-corrected chi connectivity index (χ4v) is 4.46. The molecule has 0 amide bonds. The highest BCUT2D eigenvalue weighted by Gasteiger charge is 2.24. The number of hydrogen-bond acceptors (Lipinski definition) is 3. The molecule has 0 aromatic heterocycles. The Balaban J connectivity index is 1.30. The molecule has 2 aliphatic heterocycles. The number of rotatable bonds is 6. The number of ether oxygens (including phenoxy) is 1. The van der Waals surface area contributed by atoms with E-state index in [1.165, 1.54) is 28.8 Å². The maximum atomic E-state index is 5.30. The number of guanidine groups is 1. The van der Waals surface area contributed by atoms with Crippen molar-refractivity contribution in [3.63, 3.8) is 0 Å². The van der Waals surface area contributed by atoms with E-state index in [2.05, 4.69) is 68.6 Å². The van der Waals surface area contributed by atoms with Crippen LogP contribution in [0, 0.1) is 5.92 Å². The summed E-state index contributed by atoms with van der Waals surface area (Å²) in [6.45, 7) is 5.77. The lowest BCUT2D eigenvalue weighted by atomic mass is 10.1. The van der Waals surface area contributed by atoms with Crippen LogP contribution in [0.5, 0.6) is 0 Å². The summed E-state index contributed by atoms with van der Waals surface area (Å²) in [5.41, 5.74) is 5.50. The van der Waals surface area contributed by atoms with E-state index < -0.39 is 0 Å². The van der Waals surface area contributed by atoms with Crippen LogP contribution in [0.4, 0.5) is 5.69 Å². The van der Waals surface area contributed by atoms with Crippen LogP contribution >= 0.6 is 0 Å². The van der Waals surface area contributed by atoms with E-state index in [4.69, 9.17) is 4.74 Å². The molecule has 1 unspecified atom stereocenters. The van der Waals surface area contributed by atoms with Gasteiger partial charge in [-0.05, 0) is 35.6 Å². The van der Waals surface area contributed by atoms with E-state index in [0.717, 1.165) is 51.7 Å². The molecule has 1 fully saturated rings. The van der Waals surface area contributed by atoms with Crippen LogP contribution in [0.2, 0.25) is 0 Å². The molecule has 29 heavy (non-hydrogen) atoms. The molecule has 154 valence electrons. The Labute approximate surface area is 174 Å². The quantitative estimate of drug-likeness (QED) is 0.605. The maximum Gasteiger partial charge on any atom is 0.193 e. The van der Waals surface area contributed by atoms with Gasteiger partial charge >= 0.3 is 0 Å². The number of fused-ring (bicyclic) bond motifs is 1. The molecule has 0 aliphatic carbocycles. The van der Waals surface area contributed by atoms with Gasteiger partial charge in [-0.1, -0.05) is 42.5 Å². The van der Waals surface area contributed by atoms with Crippen LogP contribution in [-0.2, 0) is 24.2 Å². The van der Waals surface area contributed by atoms with Crippen molar-refractivity contribution < 1.29 is 4.74 Å². The SMILES string of the molecule is CN=C(NCc1ccc(CN2CCc3ccccc32)cc1)N1CCC(COC)C1. The van der Waals surface area contributed by atoms with Crippen LogP contribution in [0.25, 0.3) is 0 Å². The van der Waals surface area contributed by atoms with E-state index in [1.54, 1.807) is 7.11 Å². The van der Waals surface area contributed by atoms with Gasteiger partial charge in [0.25, 0.3) is 0 Å². The van der Waals surface area contributed by atoms with Gasteiger partial charge in [0.2, 0.25) is 0 Å². The molecule has 0 saturated carbocycles. The summed E-state index contributed by atoms with van der Waals surface area (Å²) in [5.74, 6) is 1.59. The standard InChI is InChI=1S/C24H32N4O/c1-25-24(28-13-11-21(17-28)18-29-2)26-15-19-7-9-20(10-8-19)16-27-14-12-22-5-3-4-6-23(22)27/h3-10,21H,11-18H2,1-2H3,(H,25,26). The van der Waals surface area contributed by atoms with Gasteiger partial charge in [-0.3, -0.25) is 4.99 Å². The van der Waals surface area contributed by atoms with Crippen LogP contribution in [0.1, 0.15) is 23.1 Å². The topological polar surface area (TPSA) is 40.1 Å². The zero-order chi connectivity index (χ0) is 20.1. The van der Waals surface area contributed by atoms with Crippen molar-refractivity contribution in [2.45, 2.75) is 25.9 Å². The predicted octanol–water partition coefficient (Wildman–Crippen LogP) is 3.29. The number of likely N-dealkylation sites (tertiary alicyclic amines) is 1. The average Bonchev–Trinajstić information content (AvgIpc) is 3.38. The maximum absolute atomic E-state index is 5.30. The molecular weight excluding hydrogens is 360 g/mol. The number of nitrogens with one attached hydrogen (secondary N) is 1. The fraction of sp³-hybridized carbons (Fsp3) is 0.458. The van der Waals surface area contributed by atoms with Crippen molar-refractivity contribution >= 4 is 11.6 Å². The zero-order valence-corrected chi connectivity index (χ0v) is 17.6. The molecule has 1 atom stereocenters. The van der Waals surface area contributed by atoms with Crippen molar-refractivity contribution in [1.82, 2.24) is 10.2 Å². The third-order valence-corrected chi connectivity index (χ3v) is 6.03. The second-order valence-corrected chi connectivity index (χ2v) is 8.07. The van der Waals surface area contributed by atoms with Gasteiger partial charge in [-0.15, -0.1) is 0 Å². The minimum absolute atomic E-state index is 0.605. The molecule has 2 heterocycles. The van der Waals surface area contributed by atoms with Crippen molar-refractivity contribution in [2.24, 2.45) is 10.9 Å². The minimum Gasteiger partial charge on any atom is -0.384 e. The van der Waals surface area contributed by atoms with E-state index >= 15 is 0 Å². The zero-order valence-electron chi connectivity index (χ0n) is 17.6. The predicted molar refractivity (Wildman–Crippen MR) is 119 cm³/mol. The third kappa shape index (κ3) is 4.73. The third-order valence-electron chi connectivity index (χ3n) is 6.03. The van der Waals surface area contributed by atoms with Crippen LogP contribution in [0.15, 0.2) is 53.5 Å². The lowest BCUT2D eigenvalue weighted by Gasteiger charge is -2.22. The van der Waals surface area contributed by atoms with Crippen molar-refractivity contribution in [3.05, 3.63) is 65.2 Å². The van der Waals surface area contributed by atoms with Crippen molar-refractivity contribution in [3.8, 4) is 0 Å². The van der Waals surface area contributed by atoms with Gasteiger partial charge in [0.1, 0.15) is 0 Å². The van der Waals surface area contributed by atoms with Gasteiger partial charge < -0.3 is 19.9 Å². The Morgan fingerprint density at radius 3 is 2.69 bits per heavy atom. The lowest BCUT2D eigenvalue weighted by molar-refractivity contribution is 0.157. The number of nitrogens with zero attached hydrogens (tertiary/aromatic N) is 3. The molecule has 2 aromatic rings. The summed E-state index contributed by atoms with van der Waals surface area (Å²) in [6.07, 6.45) is 2.32. The Bertz CT molecular complexity index is 833. The number of hydrogen-bond donors (Lipinski definition) is 1. The highest BCUT2D eigenvalue weighted by atomic mass is 16.5. The second kappa shape index (κ2) is 9.31. The molecule has 5 nitrogen and oxygen atoms in total. The molecule has 1 saturated heterocycles. The van der Waals surface area contributed by atoms with Gasteiger partial charge in [0.05, 0.1) is 6.61 Å². The Kier molecular flexibility index (Phi) is 6.35. The molecule has 4 rings (SSSR count). The molecule has 0 bridgehead atoms. The van der Waals surface area contributed by atoms with E-state index in [-0.39, 0.29) is 0 Å². The number of benzene rings is 2. The normalized spacial score (nSPS) is 19.0. The second-order valence-electron chi connectivity index (χ2n) is 8.07. The molecule has 2 aromatic carbocycles. The lowest BCUT2D eigenvalue weighted by Crippen LogP contribution is -2.39. The van der Waals surface area contributed by atoms with Crippen molar-refractivity contribution in [2.75, 3.05) is 45.3 Å². The Hall–Kier alpha value is -2.53. The van der Waals surface area contributed by atoms with Crippen LogP contribution in [0.3, 0.4) is 0 Å². The molecule has 1 N–H and O–H groups in total. The van der Waals surface area contributed by atoms with Crippen LogP contribution < -0.4 is 10.2 Å². The number of anilines is 1. The van der Waals surface area contributed by atoms with E-state index in [0.29, 0.717) is 5.92 Å². The minimum atomic E-state index is 0.605. The average molecular weight is 393 g/mol. The summed E-state index contributed by atoms with van der Waals surface area (Å²) in [4.78, 5) is 9.29. The first kappa shape index (κ1) is 19.8. The van der Waals surface area contributed by atoms with Crippen LogP contribution in [-0.4, -0.2) is 51.3 Å². The summed E-state index contributed by atoms with van der Waals surface area (Å²) < 4.78 is 5.30. The Morgan fingerprint density at radius 1 is 1.10 bits per heavy atom. The smallest absolute Gasteiger partial charge is 0.193 e. The first-order chi connectivity index (χ1) is 14.3. The van der Waals surface area contributed by atoms with Crippen molar-refractivity contribution in [1.29, 1.82) is 0 Å². The van der Waals surface area contributed by atoms with Gasteiger partial charge in [-0.25, -0.2) is 0 Å². The number of aliphatic imine (C=N–C) groups is 1. The monoisotopic (exact) mass is 392 g/mol. The Morgan fingerprint density at radius 2 is 1.90 bits per heavy atom. The summed E-state index contributed by atoms with van der Waals surface area (Å²) in [7, 11) is 3.64. The number of para-hydroxylation sites is 1. The van der Waals surface area contributed by atoms with Gasteiger partial charge in [-0.2, -0.15) is 0 Å². The first-order valence-corrected chi connectivity index (χ1v) is 10.6. The largest absolute Gasteiger partial charge is 0.384 e. The van der Waals surface area contributed by atoms with Gasteiger partial charge in [0.15, 0.2) is 5.96 Å². The molecule has 0 spiro atoms. The highest BCUT2D eigenvalue weighted by Crippen LogP contribution is 2.28. The van der Waals surface area contributed by atoms with Gasteiger partial charge in [0, 0.05) is 58.5 Å². The summed E-state index contributed by atoms with van der Waals surface area (Å²) in [5, 5.41) is 3.52. The van der Waals surface area contributed by atoms with E-state index in [1.807, 2.05) is 7.05 Å². The molecule has 5 heteroatoms. The molecule has 2 aliphatic rings. The number of methoxy groups -OCH3 is 1. The molecular formula is C24H32N4O. The highest BCUT2D eigenvalue weighted by molar-refractivity contribution is 5.80. The molecule has 0 radical (unpaired) electrons. The first-order valence-electron chi connectivity index (χ1n) is 10.6. The van der Waals surface area contributed by atoms with E-state index in [9.17, 15) is 0 Å². The summed E-state index contributed by atoms with van der Waals surface area (Å²) in [6, 6.07) is 17.7. The fourth-order valence-electron chi connectivity index (χ4n) is 4.46. The summed E-state index contributed by atoms with van der Waals surface area (Å²) >= 11 is 0.